The zero-order valence-electron chi connectivity index (χ0n) is 9.36. The van der Waals surface area contributed by atoms with Crippen LogP contribution in [-0.2, 0) is 0 Å². The zero-order valence-corrected chi connectivity index (χ0v) is 9.36. The highest BCUT2D eigenvalue weighted by atomic mass is 19.1. The van der Waals surface area contributed by atoms with Gasteiger partial charge in [0.1, 0.15) is 5.82 Å². The van der Waals surface area contributed by atoms with Crippen molar-refractivity contribution < 1.29 is 9.50 Å². The van der Waals surface area contributed by atoms with Gasteiger partial charge in [0.05, 0.1) is 11.8 Å². The number of anilines is 1. The van der Waals surface area contributed by atoms with Crippen LogP contribution in [0.1, 0.15) is 24.5 Å². The van der Waals surface area contributed by atoms with Crippen LogP contribution in [0.25, 0.3) is 0 Å². The summed E-state index contributed by atoms with van der Waals surface area (Å²) < 4.78 is 13.3. The van der Waals surface area contributed by atoms with Crippen molar-refractivity contribution in [2.75, 3.05) is 19.3 Å². The first kappa shape index (κ1) is 11.4. The molecule has 0 bridgehead atoms. The number of halogens is 1. The number of hydrogen-bond acceptors (Lipinski definition) is 3. The number of likely N-dealkylation sites (N-methyl/N-ethyl adjacent to an activating group) is 1. The molecular weight excluding hydrogens is 207 g/mol. The first-order valence-corrected chi connectivity index (χ1v) is 5.53. The molecule has 1 aromatic carbocycles. The monoisotopic (exact) mass is 224 g/mol. The maximum absolute atomic E-state index is 13.3. The minimum absolute atomic E-state index is 0.0455. The van der Waals surface area contributed by atoms with E-state index in [4.69, 9.17) is 5.73 Å². The maximum atomic E-state index is 13.3. The van der Waals surface area contributed by atoms with Gasteiger partial charge >= 0.3 is 0 Å². The quantitative estimate of drug-likeness (QED) is 0.749. The summed E-state index contributed by atoms with van der Waals surface area (Å²) in [5, 5.41) is 10.2. The summed E-state index contributed by atoms with van der Waals surface area (Å²) in [4.78, 5) is 2.09. The molecule has 88 valence electrons. The number of benzene rings is 1. The highest BCUT2D eigenvalue weighted by Gasteiger charge is 2.30. The van der Waals surface area contributed by atoms with E-state index in [1.54, 1.807) is 12.1 Å². The lowest BCUT2D eigenvalue weighted by molar-refractivity contribution is 0.0861. The molecule has 1 fully saturated rings. The molecule has 1 aliphatic heterocycles. The van der Waals surface area contributed by atoms with Gasteiger partial charge < -0.3 is 15.7 Å². The molecule has 1 saturated heterocycles. The van der Waals surface area contributed by atoms with Crippen LogP contribution in [0.3, 0.4) is 0 Å². The molecule has 3 nitrogen and oxygen atoms in total. The van der Waals surface area contributed by atoms with Crippen molar-refractivity contribution in [1.82, 2.24) is 4.90 Å². The fourth-order valence-corrected chi connectivity index (χ4v) is 2.35. The number of nitrogens with zero attached hydrogens (tertiary/aromatic N) is 1. The number of nitrogen functional groups attached to an aromatic ring is 1. The van der Waals surface area contributed by atoms with Crippen molar-refractivity contribution in [3.8, 4) is 0 Å². The number of para-hydroxylation sites is 1. The molecule has 3 N–H and O–H groups in total. The van der Waals surface area contributed by atoms with Crippen LogP contribution in [0, 0.1) is 5.82 Å². The van der Waals surface area contributed by atoms with Crippen LogP contribution in [0.4, 0.5) is 10.1 Å². The predicted octanol–water partition coefficient (Wildman–Crippen LogP) is 1.54. The fraction of sp³-hybridized carbons (Fsp3) is 0.500. The third-order valence-corrected chi connectivity index (χ3v) is 3.35. The van der Waals surface area contributed by atoms with Crippen LogP contribution in [-0.4, -0.2) is 29.6 Å². The number of hydrogen-bond donors (Lipinski definition) is 2. The second kappa shape index (κ2) is 4.39. The second-order valence-corrected chi connectivity index (χ2v) is 4.38. The Kier molecular flexibility index (Phi) is 3.12. The molecule has 16 heavy (non-hydrogen) atoms. The van der Waals surface area contributed by atoms with Crippen molar-refractivity contribution in [2.45, 2.75) is 25.0 Å². The van der Waals surface area contributed by atoms with Gasteiger partial charge in [0.2, 0.25) is 0 Å². The Bertz CT molecular complexity index is 383. The van der Waals surface area contributed by atoms with E-state index in [-0.39, 0.29) is 11.7 Å². The van der Waals surface area contributed by atoms with Gasteiger partial charge in [-0.05, 0) is 32.5 Å². The molecule has 1 aliphatic rings. The first-order valence-electron chi connectivity index (χ1n) is 5.53. The van der Waals surface area contributed by atoms with E-state index in [1.165, 1.54) is 6.07 Å². The van der Waals surface area contributed by atoms with Crippen LogP contribution in [0.5, 0.6) is 0 Å². The van der Waals surface area contributed by atoms with E-state index < -0.39 is 11.9 Å². The van der Waals surface area contributed by atoms with Gasteiger partial charge in [-0.1, -0.05) is 12.1 Å². The molecule has 0 radical (unpaired) electrons. The van der Waals surface area contributed by atoms with Crippen molar-refractivity contribution >= 4 is 5.69 Å². The summed E-state index contributed by atoms with van der Waals surface area (Å²) >= 11 is 0. The number of aliphatic hydroxyl groups is 1. The highest BCUT2D eigenvalue weighted by molar-refractivity contribution is 5.49. The van der Waals surface area contributed by atoms with Gasteiger partial charge in [-0.25, -0.2) is 4.39 Å². The number of aliphatic hydroxyl groups excluding tert-OH is 1. The van der Waals surface area contributed by atoms with Crippen molar-refractivity contribution in [3.63, 3.8) is 0 Å². The van der Waals surface area contributed by atoms with Crippen LogP contribution in [0.2, 0.25) is 0 Å². The molecule has 1 aromatic rings. The lowest BCUT2D eigenvalue weighted by Crippen LogP contribution is -2.31. The van der Waals surface area contributed by atoms with Gasteiger partial charge in [0.25, 0.3) is 0 Å². The van der Waals surface area contributed by atoms with E-state index in [9.17, 15) is 9.50 Å². The lowest BCUT2D eigenvalue weighted by atomic mass is 9.99. The van der Waals surface area contributed by atoms with E-state index in [1.807, 2.05) is 7.05 Å². The zero-order chi connectivity index (χ0) is 11.7. The molecule has 0 aromatic heterocycles. The van der Waals surface area contributed by atoms with Crippen molar-refractivity contribution in [2.24, 2.45) is 0 Å². The van der Waals surface area contributed by atoms with Gasteiger partial charge in [-0.2, -0.15) is 0 Å². The van der Waals surface area contributed by atoms with E-state index in [2.05, 4.69) is 4.90 Å². The average Bonchev–Trinajstić information content (AvgIpc) is 2.68. The average molecular weight is 224 g/mol. The Labute approximate surface area is 94.7 Å². The fourth-order valence-electron chi connectivity index (χ4n) is 2.35. The Morgan fingerprint density at radius 3 is 2.94 bits per heavy atom. The topological polar surface area (TPSA) is 49.5 Å². The maximum Gasteiger partial charge on any atom is 0.146 e. The van der Waals surface area contributed by atoms with Gasteiger partial charge in [0, 0.05) is 11.6 Å². The van der Waals surface area contributed by atoms with E-state index >= 15 is 0 Å². The molecule has 0 spiro atoms. The summed E-state index contributed by atoms with van der Waals surface area (Å²) in [5.74, 6) is -0.461. The highest BCUT2D eigenvalue weighted by Crippen LogP contribution is 2.31. The summed E-state index contributed by atoms with van der Waals surface area (Å²) in [6, 6.07) is 4.63. The van der Waals surface area contributed by atoms with Crippen LogP contribution in [0.15, 0.2) is 18.2 Å². The van der Waals surface area contributed by atoms with Gasteiger partial charge in [-0.3, -0.25) is 0 Å². The number of rotatable bonds is 2. The minimum atomic E-state index is -0.705. The molecule has 4 heteroatoms. The minimum Gasteiger partial charge on any atom is -0.396 e. The summed E-state index contributed by atoms with van der Waals surface area (Å²) in [7, 11) is 1.97. The molecular formula is C12H17FN2O. The van der Waals surface area contributed by atoms with Crippen LogP contribution < -0.4 is 5.73 Å². The van der Waals surface area contributed by atoms with E-state index in [0.29, 0.717) is 5.56 Å². The summed E-state index contributed by atoms with van der Waals surface area (Å²) in [6.07, 6.45) is 1.28. The van der Waals surface area contributed by atoms with Gasteiger partial charge in [-0.15, -0.1) is 0 Å². The SMILES string of the molecule is CN1CCCC1C(O)c1cccc(F)c1N. The molecule has 0 amide bonds. The van der Waals surface area contributed by atoms with Crippen LogP contribution >= 0.6 is 0 Å². The molecule has 0 saturated carbocycles. The van der Waals surface area contributed by atoms with Gasteiger partial charge in [0.15, 0.2) is 0 Å². The lowest BCUT2D eigenvalue weighted by Gasteiger charge is -2.26. The summed E-state index contributed by atoms with van der Waals surface area (Å²) in [5.41, 5.74) is 6.21. The Balaban J connectivity index is 2.26. The van der Waals surface area contributed by atoms with E-state index in [0.717, 1.165) is 19.4 Å². The Morgan fingerprint density at radius 2 is 2.31 bits per heavy atom. The normalized spacial score (nSPS) is 23.6. The Morgan fingerprint density at radius 1 is 1.56 bits per heavy atom. The predicted molar refractivity (Wildman–Crippen MR) is 61.4 cm³/mol. The van der Waals surface area contributed by atoms with Crippen molar-refractivity contribution in [1.29, 1.82) is 0 Å². The molecule has 2 unspecified atom stereocenters. The largest absolute Gasteiger partial charge is 0.396 e. The number of nitrogens with two attached hydrogens (primary N) is 1. The third-order valence-electron chi connectivity index (χ3n) is 3.35. The second-order valence-electron chi connectivity index (χ2n) is 4.38. The molecule has 2 rings (SSSR count). The molecule has 1 heterocycles. The number of likely N-dealkylation sites (tertiary alicyclic amines) is 1. The molecule has 0 aliphatic carbocycles. The first-order chi connectivity index (χ1) is 7.61. The smallest absolute Gasteiger partial charge is 0.146 e. The van der Waals surface area contributed by atoms with Crippen molar-refractivity contribution in [3.05, 3.63) is 29.6 Å². The Hall–Kier alpha value is -1.13. The third kappa shape index (κ3) is 1.90. The summed E-state index contributed by atoms with van der Waals surface area (Å²) in [6.45, 7) is 0.969. The molecule has 2 atom stereocenters. The standard InChI is InChI=1S/C12H17FN2O/c1-15-7-3-6-10(15)12(16)8-4-2-5-9(13)11(8)14/h2,4-5,10,12,16H,3,6-7,14H2,1H3.